The van der Waals surface area contributed by atoms with Gasteiger partial charge in [0, 0.05) is 38.4 Å². The van der Waals surface area contributed by atoms with E-state index in [-0.39, 0.29) is 17.6 Å². The Hall–Kier alpha value is -3.61. The molecule has 3 aromatic rings. The van der Waals surface area contributed by atoms with Crippen molar-refractivity contribution in [2.45, 2.75) is 25.8 Å². The van der Waals surface area contributed by atoms with Gasteiger partial charge in [-0.05, 0) is 36.2 Å². The van der Waals surface area contributed by atoms with Crippen molar-refractivity contribution in [3.05, 3.63) is 65.2 Å². The van der Waals surface area contributed by atoms with E-state index < -0.39 is 30.5 Å². The first kappa shape index (κ1) is 26.5. The third kappa shape index (κ3) is 7.44. The van der Waals surface area contributed by atoms with E-state index in [1.54, 1.807) is 4.90 Å². The number of hydrogen-bond donors (Lipinski definition) is 1. The fourth-order valence-corrected chi connectivity index (χ4v) is 3.79. The summed E-state index contributed by atoms with van der Waals surface area (Å²) in [6.07, 6.45) is -9.19. The van der Waals surface area contributed by atoms with E-state index in [1.807, 2.05) is 25.1 Å². The molecule has 0 atom stereocenters. The lowest BCUT2D eigenvalue weighted by Crippen LogP contribution is -2.46. The fourth-order valence-electron chi connectivity index (χ4n) is 3.79. The largest absolute Gasteiger partial charge is 0.454 e. The number of nitrogens with one attached hydrogen (secondary N) is 1. The molecular formula is C24H24F6N6O. The highest BCUT2D eigenvalue weighted by atomic mass is 19.4. The van der Waals surface area contributed by atoms with Crippen LogP contribution in [0.2, 0.25) is 0 Å². The normalized spacial score (nSPS) is 15.1. The van der Waals surface area contributed by atoms with Gasteiger partial charge in [-0.1, -0.05) is 30.3 Å². The van der Waals surface area contributed by atoms with Gasteiger partial charge in [-0.3, -0.25) is 4.90 Å². The molecule has 2 aromatic carbocycles. The number of nitrogens with zero attached hydrogens (tertiary/aromatic N) is 5. The predicted molar refractivity (Wildman–Crippen MR) is 125 cm³/mol. The smallest absolute Gasteiger partial charge is 0.422 e. The van der Waals surface area contributed by atoms with Gasteiger partial charge in [0.1, 0.15) is 0 Å². The Kier molecular flexibility index (Phi) is 7.71. The van der Waals surface area contributed by atoms with Crippen molar-refractivity contribution >= 4 is 17.6 Å². The molecule has 1 fully saturated rings. The van der Waals surface area contributed by atoms with Crippen LogP contribution in [-0.4, -0.2) is 58.8 Å². The van der Waals surface area contributed by atoms with E-state index >= 15 is 0 Å². The van der Waals surface area contributed by atoms with E-state index in [9.17, 15) is 26.3 Å². The zero-order valence-electron chi connectivity index (χ0n) is 19.8. The molecule has 4 rings (SSSR count). The Labute approximate surface area is 209 Å². The predicted octanol–water partition coefficient (Wildman–Crippen LogP) is 5.21. The molecule has 0 spiro atoms. The highest BCUT2D eigenvalue weighted by molar-refractivity contribution is 5.56. The first-order chi connectivity index (χ1) is 17.5. The second-order valence-electron chi connectivity index (χ2n) is 8.54. The molecule has 37 heavy (non-hydrogen) atoms. The Morgan fingerprint density at radius 1 is 0.892 bits per heavy atom. The minimum Gasteiger partial charge on any atom is -0.454 e. The Balaban J connectivity index is 1.51. The van der Waals surface area contributed by atoms with Gasteiger partial charge in [0.15, 0.2) is 6.61 Å². The third-order valence-electron chi connectivity index (χ3n) is 5.72. The summed E-state index contributed by atoms with van der Waals surface area (Å²) in [6, 6.07) is 11.8. The second-order valence-corrected chi connectivity index (χ2v) is 8.54. The summed E-state index contributed by atoms with van der Waals surface area (Å²) in [4.78, 5) is 16.1. The van der Waals surface area contributed by atoms with Crippen molar-refractivity contribution in [2.24, 2.45) is 0 Å². The summed E-state index contributed by atoms with van der Waals surface area (Å²) in [6.45, 7) is 3.43. The average Bonchev–Trinajstić information content (AvgIpc) is 2.84. The highest BCUT2D eigenvalue weighted by Crippen LogP contribution is 2.31. The van der Waals surface area contributed by atoms with E-state index in [0.717, 1.165) is 18.7 Å². The number of hydrogen-bond acceptors (Lipinski definition) is 7. The van der Waals surface area contributed by atoms with E-state index in [2.05, 4.69) is 31.2 Å². The van der Waals surface area contributed by atoms with Gasteiger partial charge in [-0.15, -0.1) is 0 Å². The minimum atomic E-state index is -4.62. The van der Waals surface area contributed by atoms with E-state index in [0.29, 0.717) is 26.2 Å². The molecule has 1 saturated heterocycles. The van der Waals surface area contributed by atoms with Crippen LogP contribution in [0.3, 0.4) is 0 Å². The molecule has 0 aliphatic carbocycles. The number of benzene rings is 2. The highest BCUT2D eigenvalue weighted by Gasteiger charge is 2.31. The zero-order chi connectivity index (χ0) is 26.6. The quantitative estimate of drug-likeness (QED) is 0.425. The molecule has 7 nitrogen and oxygen atoms in total. The number of anilines is 3. The fraction of sp³-hybridized carbons (Fsp3) is 0.375. The summed E-state index contributed by atoms with van der Waals surface area (Å²) < 4.78 is 82.1. The summed E-state index contributed by atoms with van der Waals surface area (Å²) >= 11 is 0. The number of rotatable bonds is 7. The molecule has 0 radical (unpaired) electrons. The van der Waals surface area contributed by atoms with Crippen molar-refractivity contribution in [3.8, 4) is 6.01 Å². The molecule has 0 saturated carbocycles. The number of ether oxygens (including phenoxy) is 1. The van der Waals surface area contributed by atoms with Crippen LogP contribution in [0.4, 0.5) is 43.9 Å². The van der Waals surface area contributed by atoms with Crippen LogP contribution >= 0.6 is 0 Å². The van der Waals surface area contributed by atoms with Crippen LogP contribution in [0.5, 0.6) is 6.01 Å². The van der Waals surface area contributed by atoms with Gasteiger partial charge < -0.3 is 15.0 Å². The zero-order valence-corrected chi connectivity index (χ0v) is 19.8. The number of halogens is 6. The van der Waals surface area contributed by atoms with Crippen molar-refractivity contribution in [1.29, 1.82) is 0 Å². The molecular weight excluding hydrogens is 502 g/mol. The monoisotopic (exact) mass is 526 g/mol. The topological polar surface area (TPSA) is 66.4 Å². The lowest BCUT2D eigenvalue weighted by molar-refractivity contribution is -0.154. The molecule has 198 valence electrons. The van der Waals surface area contributed by atoms with Crippen LogP contribution in [0, 0.1) is 6.92 Å². The van der Waals surface area contributed by atoms with Gasteiger partial charge >= 0.3 is 18.4 Å². The molecule has 1 aliphatic rings. The first-order valence-electron chi connectivity index (χ1n) is 11.4. The molecule has 2 heterocycles. The van der Waals surface area contributed by atoms with Gasteiger partial charge in [-0.25, -0.2) is 0 Å². The van der Waals surface area contributed by atoms with Crippen molar-refractivity contribution in [2.75, 3.05) is 43.0 Å². The Morgan fingerprint density at radius 2 is 1.62 bits per heavy atom. The first-order valence-corrected chi connectivity index (χ1v) is 11.4. The number of piperazine rings is 1. The standard InChI is InChI=1S/C24H24F6N6O/c1-16-5-2-3-6-17(16)14-35-9-11-36(12-10-35)21-32-20(33-22(34-21)37-15-23(25,26)27)31-19-8-4-7-18(13-19)24(28,29)30/h2-8,13H,9-12,14-15H2,1H3,(H,31,32,33,34). The van der Waals surface area contributed by atoms with Crippen LogP contribution in [0.25, 0.3) is 0 Å². The van der Waals surface area contributed by atoms with Gasteiger partial charge in [0.2, 0.25) is 11.9 Å². The minimum absolute atomic E-state index is 0.0109. The molecule has 13 heteroatoms. The molecule has 1 aliphatic heterocycles. The van der Waals surface area contributed by atoms with Crippen LogP contribution in [0.15, 0.2) is 48.5 Å². The number of aromatic nitrogens is 3. The lowest BCUT2D eigenvalue weighted by Gasteiger charge is -2.35. The summed E-state index contributed by atoms with van der Waals surface area (Å²) in [5.74, 6) is -0.166. The Bertz CT molecular complexity index is 1210. The van der Waals surface area contributed by atoms with Crippen molar-refractivity contribution in [3.63, 3.8) is 0 Å². The Morgan fingerprint density at radius 3 is 2.30 bits per heavy atom. The maximum atomic E-state index is 13.1. The molecule has 1 aromatic heterocycles. The SMILES string of the molecule is Cc1ccccc1CN1CCN(c2nc(Nc3cccc(C(F)(F)F)c3)nc(OCC(F)(F)F)n2)CC1. The summed E-state index contributed by atoms with van der Waals surface area (Å²) in [5.41, 5.74) is 1.49. The molecule has 0 bridgehead atoms. The molecule has 0 unspecified atom stereocenters. The van der Waals surface area contributed by atoms with Crippen LogP contribution in [0.1, 0.15) is 16.7 Å². The average molecular weight is 526 g/mol. The number of alkyl halides is 6. The number of aryl methyl sites for hydroxylation is 1. The van der Waals surface area contributed by atoms with Gasteiger partial charge in [0.25, 0.3) is 0 Å². The third-order valence-corrected chi connectivity index (χ3v) is 5.72. The lowest BCUT2D eigenvalue weighted by atomic mass is 10.1. The van der Waals surface area contributed by atoms with Gasteiger partial charge in [-0.2, -0.15) is 41.3 Å². The maximum absolute atomic E-state index is 13.1. The molecule has 1 N–H and O–H groups in total. The molecule has 0 amide bonds. The van der Waals surface area contributed by atoms with E-state index in [1.165, 1.54) is 23.3 Å². The van der Waals surface area contributed by atoms with Crippen LogP contribution in [-0.2, 0) is 12.7 Å². The second kappa shape index (κ2) is 10.8. The maximum Gasteiger partial charge on any atom is 0.422 e. The van der Waals surface area contributed by atoms with Crippen molar-refractivity contribution < 1.29 is 31.1 Å². The van der Waals surface area contributed by atoms with Crippen molar-refractivity contribution in [1.82, 2.24) is 19.9 Å². The van der Waals surface area contributed by atoms with E-state index in [4.69, 9.17) is 4.74 Å². The van der Waals surface area contributed by atoms with Gasteiger partial charge in [0.05, 0.1) is 5.56 Å². The van der Waals surface area contributed by atoms with Crippen LogP contribution < -0.4 is 15.0 Å². The summed E-state index contributed by atoms with van der Waals surface area (Å²) in [7, 11) is 0. The summed E-state index contributed by atoms with van der Waals surface area (Å²) in [5, 5.41) is 2.62.